The summed E-state index contributed by atoms with van der Waals surface area (Å²) in [5, 5.41) is 3.91. The zero-order chi connectivity index (χ0) is 17.4. The summed E-state index contributed by atoms with van der Waals surface area (Å²) in [5.41, 5.74) is 3.27. The van der Waals surface area contributed by atoms with Crippen LogP contribution < -0.4 is 5.32 Å². The molecule has 0 fully saturated rings. The third-order valence-electron chi connectivity index (χ3n) is 3.80. The highest BCUT2D eigenvalue weighted by molar-refractivity contribution is 6.42. The molecule has 2 heterocycles. The van der Waals surface area contributed by atoms with Gasteiger partial charge in [-0.25, -0.2) is 4.98 Å². The topological polar surface area (TPSA) is 46.4 Å². The molecule has 0 bridgehead atoms. The first-order chi connectivity index (χ1) is 11.4. The summed E-state index contributed by atoms with van der Waals surface area (Å²) < 4.78 is 1.88. The second-order valence-corrected chi connectivity index (χ2v) is 6.78. The lowest BCUT2D eigenvalue weighted by molar-refractivity contribution is -0.118. The smallest absolute Gasteiger partial charge is 0.228 e. The van der Waals surface area contributed by atoms with Crippen molar-refractivity contribution in [1.82, 2.24) is 9.38 Å². The predicted molar refractivity (Wildman–Crippen MR) is 98.9 cm³/mol. The van der Waals surface area contributed by atoms with E-state index < -0.39 is 0 Å². The highest BCUT2D eigenvalue weighted by Gasteiger charge is 2.19. The average Bonchev–Trinajstić information content (AvgIpc) is 2.90. The molecule has 1 aromatic carbocycles. The molecule has 3 rings (SSSR count). The minimum absolute atomic E-state index is 0.0698. The molecule has 124 valence electrons. The first kappa shape index (κ1) is 16.8. The van der Waals surface area contributed by atoms with E-state index in [-0.39, 0.29) is 11.8 Å². The molecule has 0 aliphatic heterocycles. The van der Waals surface area contributed by atoms with Crippen molar-refractivity contribution >= 4 is 40.6 Å². The molecule has 3 aromatic rings. The Morgan fingerprint density at radius 3 is 2.62 bits per heavy atom. The van der Waals surface area contributed by atoms with Crippen LogP contribution in [0.2, 0.25) is 10.0 Å². The summed E-state index contributed by atoms with van der Waals surface area (Å²) in [6.07, 6.45) is 1.88. The third kappa shape index (κ3) is 2.99. The van der Waals surface area contributed by atoms with Crippen molar-refractivity contribution in [3.63, 3.8) is 0 Å². The number of fused-ring (bicyclic) bond motifs is 1. The predicted octanol–water partition coefficient (Wildman–Crippen LogP) is 5.21. The van der Waals surface area contributed by atoms with Gasteiger partial charge >= 0.3 is 0 Å². The number of aryl methyl sites for hydroxylation is 1. The lowest BCUT2D eigenvalue weighted by Gasteiger charge is -2.10. The van der Waals surface area contributed by atoms with Crippen molar-refractivity contribution in [1.29, 1.82) is 0 Å². The van der Waals surface area contributed by atoms with E-state index in [1.54, 1.807) is 12.1 Å². The van der Waals surface area contributed by atoms with Crippen LogP contribution in [0.5, 0.6) is 0 Å². The molecule has 1 N–H and O–H groups in total. The largest absolute Gasteiger partial charge is 0.310 e. The van der Waals surface area contributed by atoms with E-state index in [0.717, 1.165) is 16.8 Å². The quantitative estimate of drug-likeness (QED) is 0.695. The van der Waals surface area contributed by atoms with Gasteiger partial charge in [0.1, 0.15) is 17.2 Å². The monoisotopic (exact) mass is 361 g/mol. The van der Waals surface area contributed by atoms with Gasteiger partial charge in [-0.1, -0.05) is 49.2 Å². The molecule has 0 atom stereocenters. The van der Waals surface area contributed by atoms with Crippen molar-refractivity contribution in [3.05, 3.63) is 52.1 Å². The molecule has 0 aliphatic carbocycles. The summed E-state index contributed by atoms with van der Waals surface area (Å²) in [7, 11) is 0. The van der Waals surface area contributed by atoms with Gasteiger partial charge in [-0.05, 0) is 30.7 Å². The van der Waals surface area contributed by atoms with Crippen molar-refractivity contribution in [2.24, 2.45) is 5.92 Å². The zero-order valence-electron chi connectivity index (χ0n) is 13.6. The first-order valence-electron chi connectivity index (χ1n) is 7.62. The Morgan fingerprint density at radius 2 is 1.96 bits per heavy atom. The van der Waals surface area contributed by atoms with Gasteiger partial charge in [0.05, 0.1) is 10.0 Å². The van der Waals surface area contributed by atoms with Crippen molar-refractivity contribution in [3.8, 4) is 11.3 Å². The normalized spacial score (nSPS) is 11.2. The third-order valence-corrected chi connectivity index (χ3v) is 4.54. The Bertz CT molecular complexity index is 931. The van der Waals surface area contributed by atoms with Gasteiger partial charge in [0, 0.05) is 17.7 Å². The van der Waals surface area contributed by atoms with Gasteiger partial charge in [-0.15, -0.1) is 0 Å². The maximum Gasteiger partial charge on any atom is 0.228 e. The van der Waals surface area contributed by atoms with E-state index in [1.165, 1.54) is 0 Å². The van der Waals surface area contributed by atoms with Crippen molar-refractivity contribution in [2.75, 3.05) is 5.32 Å². The van der Waals surface area contributed by atoms with E-state index in [4.69, 9.17) is 28.2 Å². The molecule has 24 heavy (non-hydrogen) atoms. The number of aromatic nitrogens is 2. The van der Waals surface area contributed by atoms with E-state index in [9.17, 15) is 4.79 Å². The number of rotatable bonds is 3. The molecule has 4 nitrogen and oxygen atoms in total. The van der Waals surface area contributed by atoms with Crippen LogP contribution in [0.1, 0.15) is 19.4 Å². The number of amides is 1. The van der Waals surface area contributed by atoms with Crippen LogP contribution in [0.3, 0.4) is 0 Å². The van der Waals surface area contributed by atoms with Crippen LogP contribution in [0, 0.1) is 12.8 Å². The molecule has 0 unspecified atom stereocenters. The lowest BCUT2D eigenvalue weighted by atomic mass is 10.1. The SMILES string of the molecule is Cc1cccn2c(NC(=O)C(C)C)c(-c3ccc(Cl)c(Cl)c3)nc12. The van der Waals surface area contributed by atoms with E-state index in [0.29, 0.717) is 21.6 Å². The van der Waals surface area contributed by atoms with Gasteiger partial charge in [0.2, 0.25) is 5.91 Å². The highest BCUT2D eigenvalue weighted by Crippen LogP contribution is 2.33. The van der Waals surface area contributed by atoms with Crippen LogP contribution in [0.25, 0.3) is 16.9 Å². The van der Waals surface area contributed by atoms with Crippen LogP contribution in [-0.2, 0) is 4.79 Å². The summed E-state index contributed by atoms with van der Waals surface area (Å²) in [6, 6.07) is 9.23. The molecule has 0 aliphatic rings. The molecular formula is C18H17Cl2N3O. The summed E-state index contributed by atoms with van der Waals surface area (Å²) in [4.78, 5) is 17.0. The fourth-order valence-electron chi connectivity index (χ4n) is 2.43. The number of hydrogen-bond donors (Lipinski definition) is 1. The number of pyridine rings is 1. The van der Waals surface area contributed by atoms with Gasteiger partial charge < -0.3 is 5.32 Å². The number of imidazole rings is 1. The van der Waals surface area contributed by atoms with E-state index in [1.807, 2.05) is 49.6 Å². The molecule has 2 aromatic heterocycles. The first-order valence-corrected chi connectivity index (χ1v) is 8.38. The molecule has 1 amide bonds. The van der Waals surface area contributed by atoms with Gasteiger partial charge in [-0.2, -0.15) is 0 Å². The number of nitrogens with one attached hydrogen (secondary N) is 1. The number of carbonyl (C=O) groups is 1. The second-order valence-electron chi connectivity index (χ2n) is 5.97. The second kappa shape index (κ2) is 6.46. The fourth-order valence-corrected chi connectivity index (χ4v) is 2.73. The molecule has 6 heteroatoms. The summed E-state index contributed by atoms with van der Waals surface area (Å²) >= 11 is 12.2. The minimum atomic E-state index is -0.137. The van der Waals surface area contributed by atoms with Crippen molar-refractivity contribution in [2.45, 2.75) is 20.8 Å². The Hall–Kier alpha value is -2.04. The number of anilines is 1. The standard InChI is InChI=1S/C18H17Cl2N3O/c1-10(2)18(24)22-17-15(12-6-7-13(19)14(20)9-12)21-16-11(3)5-4-8-23(16)17/h4-10H,1-3H3,(H,22,24). The molecule has 0 radical (unpaired) electrons. The molecule has 0 saturated carbocycles. The number of carbonyl (C=O) groups excluding carboxylic acids is 1. The Balaban J connectivity index is 2.23. The maximum absolute atomic E-state index is 12.2. The van der Waals surface area contributed by atoms with Gasteiger partial charge in [0.15, 0.2) is 0 Å². The van der Waals surface area contributed by atoms with Crippen LogP contribution in [0.4, 0.5) is 5.82 Å². The van der Waals surface area contributed by atoms with Crippen LogP contribution >= 0.6 is 23.2 Å². The van der Waals surface area contributed by atoms with Crippen LogP contribution in [-0.4, -0.2) is 15.3 Å². The summed E-state index contributed by atoms with van der Waals surface area (Å²) in [5.74, 6) is 0.424. The molecular weight excluding hydrogens is 345 g/mol. The average molecular weight is 362 g/mol. The van der Waals surface area contributed by atoms with Crippen LogP contribution in [0.15, 0.2) is 36.5 Å². The summed E-state index contributed by atoms with van der Waals surface area (Å²) in [6.45, 7) is 5.68. The maximum atomic E-state index is 12.2. The van der Waals surface area contributed by atoms with E-state index in [2.05, 4.69) is 5.32 Å². The van der Waals surface area contributed by atoms with E-state index >= 15 is 0 Å². The number of benzene rings is 1. The Kier molecular flexibility index (Phi) is 4.52. The number of nitrogens with zero attached hydrogens (tertiary/aromatic N) is 2. The minimum Gasteiger partial charge on any atom is -0.310 e. The van der Waals surface area contributed by atoms with Crippen molar-refractivity contribution < 1.29 is 4.79 Å². The Labute approximate surface area is 150 Å². The molecule has 0 spiro atoms. The zero-order valence-corrected chi connectivity index (χ0v) is 15.1. The number of halogens is 2. The fraction of sp³-hybridized carbons (Fsp3) is 0.222. The Morgan fingerprint density at radius 1 is 1.21 bits per heavy atom. The number of hydrogen-bond acceptors (Lipinski definition) is 2. The lowest BCUT2D eigenvalue weighted by Crippen LogP contribution is -2.19. The highest BCUT2D eigenvalue weighted by atomic mass is 35.5. The van der Waals surface area contributed by atoms with Gasteiger partial charge in [0.25, 0.3) is 0 Å². The van der Waals surface area contributed by atoms with Gasteiger partial charge in [-0.3, -0.25) is 9.20 Å². The molecule has 0 saturated heterocycles.